The highest BCUT2D eigenvalue weighted by Crippen LogP contribution is 2.38. The van der Waals surface area contributed by atoms with E-state index in [9.17, 15) is 9.90 Å². The molecule has 200 valence electrons. The quantitative estimate of drug-likeness (QED) is 0.548. The van der Waals surface area contributed by atoms with Gasteiger partial charge in [-0.25, -0.2) is 4.79 Å². The Labute approximate surface area is 229 Å². The largest absolute Gasteiger partial charge is 0.384 e. The van der Waals surface area contributed by atoms with Crippen LogP contribution in [0.5, 0.6) is 0 Å². The molecule has 1 aromatic carbocycles. The van der Waals surface area contributed by atoms with Gasteiger partial charge in [-0.05, 0) is 81.3 Å². The van der Waals surface area contributed by atoms with E-state index in [1.54, 1.807) is 24.4 Å². The second-order valence-electron chi connectivity index (χ2n) is 10.8. The van der Waals surface area contributed by atoms with Crippen molar-refractivity contribution in [3.63, 3.8) is 0 Å². The van der Waals surface area contributed by atoms with Crippen molar-refractivity contribution >= 4 is 34.9 Å². The van der Waals surface area contributed by atoms with Crippen LogP contribution in [0.4, 0.5) is 10.5 Å². The standard InChI is InChI=1S/C28H37Cl2N5O2/c29-24-7-6-22(18-25(24)30)32-27(36)34-16-14-33(15-17-34)19-21-4-3-13-35(20-21)23-8-10-28(37,11-9-23)26-5-1-2-12-31-26/h1-2,5-7,12,18,21,23,37H,3-4,8-11,13-17,19-20H2,(H,32,36)/t21-,23?,28?/m0/s1. The molecule has 9 heteroatoms. The molecule has 0 bridgehead atoms. The molecule has 3 aliphatic rings. The summed E-state index contributed by atoms with van der Waals surface area (Å²) in [6.45, 7) is 6.61. The van der Waals surface area contributed by atoms with Crippen LogP contribution in [0.1, 0.15) is 44.2 Å². The molecule has 2 saturated heterocycles. The topological polar surface area (TPSA) is 71.9 Å². The maximum Gasteiger partial charge on any atom is 0.321 e. The van der Waals surface area contributed by atoms with E-state index in [2.05, 4.69) is 20.1 Å². The van der Waals surface area contributed by atoms with Gasteiger partial charge in [0.25, 0.3) is 0 Å². The minimum atomic E-state index is -0.779. The summed E-state index contributed by atoms with van der Waals surface area (Å²) in [5.74, 6) is 0.655. The molecule has 2 aliphatic heterocycles. The van der Waals surface area contributed by atoms with Gasteiger partial charge in [-0.2, -0.15) is 0 Å². The second kappa shape index (κ2) is 11.9. The van der Waals surface area contributed by atoms with Gasteiger partial charge in [0.05, 0.1) is 15.7 Å². The number of carbonyl (C=O) groups excluding carboxylic acids is 1. The lowest BCUT2D eigenvalue weighted by atomic mass is 9.78. The summed E-state index contributed by atoms with van der Waals surface area (Å²) < 4.78 is 0. The van der Waals surface area contributed by atoms with Crippen LogP contribution in [0.25, 0.3) is 0 Å². The fourth-order valence-electron chi connectivity index (χ4n) is 6.19. The molecule has 1 atom stereocenters. The highest BCUT2D eigenvalue weighted by atomic mass is 35.5. The van der Waals surface area contributed by atoms with Crippen LogP contribution in [0.3, 0.4) is 0 Å². The Morgan fingerprint density at radius 1 is 1.03 bits per heavy atom. The predicted molar refractivity (Wildman–Crippen MR) is 148 cm³/mol. The number of piperazine rings is 1. The maximum atomic E-state index is 12.7. The summed E-state index contributed by atoms with van der Waals surface area (Å²) in [5, 5.41) is 15.0. The third kappa shape index (κ3) is 6.58. The van der Waals surface area contributed by atoms with Gasteiger partial charge >= 0.3 is 6.03 Å². The number of halogens is 2. The van der Waals surface area contributed by atoms with Gasteiger partial charge in [0.2, 0.25) is 0 Å². The van der Waals surface area contributed by atoms with Gasteiger partial charge in [0.1, 0.15) is 5.60 Å². The monoisotopic (exact) mass is 545 g/mol. The van der Waals surface area contributed by atoms with E-state index in [0.29, 0.717) is 27.7 Å². The van der Waals surface area contributed by atoms with Gasteiger partial charge in [0, 0.05) is 57.2 Å². The molecule has 1 aromatic heterocycles. The molecule has 3 heterocycles. The number of carbonyl (C=O) groups is 1. The van der Waals surface area contributed by atoms with Crippen molar-refractivity contribution in [2.45, 2.75) is 50.2 Å². The summed E-state index contributed by atoms with van der Waals surface area (Å²) >= 11 is 12.0. The van der Waals surface area contributed by atoms with Crippen LogP contribution in [0.15, 0.2) is 42.6 Å². The van der Waals surface area contributed by atoms with Crippen LogP contribution >= 0.6 is 23.2 Å². The number of anilines is 1. The molecular weight excluding hydrogens is 509 g/mol. The van der Waals surface area contributed by atoms with Gasteiger partial charge < -0.3 is 20.2 Å². The van der Waals surface area contributed by atoms with E-state index in [0.717, 1.165) is 77.2 Å². The van der Waals surface area contributed by atoms with E-state index >= 15 is 0 Å². The number of hydrogen-bond donors (Lipinski definition) is 2. The first-order chi connectivity index (χ1) is 17.9. The van der Waals surface area contributed by atoms with E-state index in [1.165, 1.54) is 12.8 Å². The number of rotatable bonds is 5. The first-order valence-corrected chi connectivity index (χ1v) is 14.3. The first kappa shape index (κ1) is 26.7. The zero-order valence-corrected chi connectivity index (χ0v) is 22.8. The Kier molecular flexibility index (Phi) is 8.57. The van der Waals surface area contributed by atoms with E-state index in [4.69, 9.17) is 23.2 Å². The number of benzene rings is 1. The third-order valence-electron chi connectivity index (χ3n) is 8.34. The summed E-state index contributed by atoms with van der Waals surface area (Å²) in [7, 11) is 0. The van der Waals surface area contributed by atoms with Crippen molar-refractivity contribution in [3.05, 3.63) is 58.3 Å². The Balaban J connectivity index is 1.06. The van der Waals surface area contributed by atoms with Crippen LogP contribution in [-0.2, 0) is 5.60 Å². The SMILES string of the molecule is O=C(Nc1ccc(Cl)c(Cl)c1)N1CCN(C[C@@H]2CCCN(C3CCC(O)(c4ccccn4)CC3)C2)CC1. The lowest BCUT2D eigenvalue weighted by Gasteiger charge is -2.45. The second-order valence-corrected chi connectivity index (χ2v) is 11.6. The molecule has 2 aromatic rings. The Morgan fingerprint density at radius 2 is 1.81 bits per heavy atom. The molecule has 0 unspecified atom stereocenters. The lowest BCUT2D eigenvalue weighted by molar-refractivity contribution is -0.0351. The average Bonchev–Trinajstić information content (AvgIpc) is 2.92. The van der Waals surface area contributed by atoms with Crippen molar-refractivity contribution in [3.8, 4) is 0 Å². The number of nitrogens with zero attached hydrogens (tertiary/aromatic N) is 4. The maximum absolute atomic E-state index is 12.7. The van der Waals surface area contributed by atoms with Gasteiger partial charge in [-0.3, -0.25) is 9.88 Å². The van der Waals surface area contributed by atoms with Crippen LogP contribution in [-0.4, -0.2) is 82.7 Å². The third-order valence-corrected chi connectivity index (χ3v) is 9.08. The first-order valence-electron chi connectivity index (χ1n) is 13.5. The lowest BCUT2D eigenvalue weighted by Crippen LogP contribution is -2.53. The number of likely N-dealkylation sites (tertiary alicyclic amines) is 1. The van der Waals surface area contributed by atoms with Gasteiger partial charge in [-0.1, -0.05) is 29.3 Å². The molecule has 3 fully saturated rings. The van der Waals surface area contributed by atoms with Crippen molar-refractivity contribution in [2.24, 2.45) is 5.92 Å². The van der Waals surface area contributed by atoms with Gasteiger partial charge in [-0.15, -0.1) is 0 Å². The van der Waals surface area contributed by atoms with Crippen molar-refractivity contribution in [1.29, 1.82) is 0 Å². The number of aliphatic hydroxyl groups is 1. The molecule has 1 saturated carbocycles. The molecular formula is C28H37Cl2N5O2. The minimum Gasteiger partial charge on any atom is -0.384 e. The Hall–Kier alpha value is -1.90. The van der Waals surface area contributed by atoms with Crippen molar-refractivity contribution < 1.29 is 9.90 Å². The fourth-order valence-corrected chi connectivity index (χ4v) is 6.49. The normalized spacial score (nSPS) is 27.7. The van der Waals surface area contributed by atoms with Gasteiger partial charge in [0.15, 0.2) is 0 Å². The van der Waals surface area contributed by atoms with E-state index < -0.39 is 5.60 Å². The zero-order valence-electron chi connectivity index (χ0n) is 21.3. The molecule has 7 nitrogen and oxygen atoms in total. The van der Waals surface area contributed by atoms with Crippen LogP contribution < -0.4 is 5.32 Å². The Bertz CT molecular complexity index is 1060. The highest BCUT2D eigenvalue weighted by molar-refractivity contribution is 6.42. The average molecular weight is 547 g/mol. The van der Waals surface area contributed by atoms with Crippen molar-refractivity contribution in [1.82, 2.24) is 19.7 Å². The molecule has 5 rings (SSSR count). The number of aromatic nitrogens is 1. The predicted octanol–water partition coefficient (Wildman–Crippen LogP) is 5.08. The summed E-state index contributed by atoms with van der Waals surface area (Å²) in [4.78, 5) is 24.2. The number of amides is 2. The summed E-state index contributed by atoms with van der Waals surface area (Å²) in [5.41, 5.74) is 0.693. The summed E-state index contributed by atoms with van der Waals surface area (Å²) in [6, 6.07) is 11.4. The number of nitrogens with one attached hydrogen (secondary N) is 1. The summed E-state index contributed by atoms with van der Waals surface area (Å²) in [6.07, 6.45) is 7.87. The minimum absolute atomic E-state index is 0.0927. The number of pyridine rings is 1. The molecule has 2 amide bonds. The molecule has 1 aliphatic carbocycles. The number of hydrogen-bond acceptors (Lipinski definition) is 5. The fraction of sp³-hybridized carbons (Fsp3) is 0.571. The molecule has 0 spiro atoms. The molecule has 2 N–H and O–H groups in total. The van der Waals surface area contributed by atoms with E-state index in [-0.39, 0.29) is 6.03 Å². The highest BCUT2D eigenvalue weighted by Gasteiger charge is 2.38. The number of urea groups is 1. The number of piperidine rings is 1. The van der Waals surface area contributed by atoms with Crippen LogP contribution in [0, 0.1) is 5.92 Å². The van der Waals surface area contributed by atoms with Crippen molar-refractivity contribution in [2.75, 3.05) is 51.1 Å². The molecule has 0 radical (unpaired) electrons. The Morgan fingerprint density at radius 3 is 2.51 bits per heavy atom. The molecule has 37 heavy (non-hydrogen) atoms. The smallest absolute Gasteiger partial charge is 0.321 e. The zero-order chi connectivity index (χ0) is 25.8. The van der Waals surface area contributed by atoms with Crippen LogP contribution in [0.2, 0.25) is 10.0 Å². The van der Waals surface area contributed by atoms with E-state index in [1.807, 2.05) is 23.1 Å².